The van der Waals surface area contributed by atoms with Crippen molar-refractivity contribution in [2.45, 2.75) is 0 Å². The van der Waals surface area contributed by atoms with Crippen LogP contribution in [0.2, 0.25) is 0 Å². The zero-order valence-corrected chi connectivity index (χ0v) is 12.4. The third kappa shape index (κ3) is 2.16. The van der Waals surface area contributed by atoms with Crippen molar-refractivity contribution in [2.75, 3.05) is 21.1 Å². The lowest BCUT2D eigenvalue weighted by molar-refractivity contribution is -0.242. The number of hydrogen-bond acceptors (Lipinski definition) is 2. The third-order valence-electron chi connectivity index (χ3n) is 3.80. The molecule has 0 fully saturated rings. The van der Waals surface area contributed by atoms with Crippen molar-refractivity contribution in [3.8, 4) is 0 Å². The maximum atomic E-state index is 12.4. The average molecular weight is 279 g/mol. The number of quaternary nitrogens is 1. The number of Topliss-reactive ketones (excluding diaryl/α,β-unsaturated/α-hetero) is 1. The van der Waals surface area contributed by atoms with Crippen LogP contribution in [0.25, 0.3) is 11.3 Å². The van der Waals surface area contributed by atoms with Gasteiger partial charge in [0.1, 0.15) is 5.69 Å². The molecule has 0 N–H and O–H groups in total. The molecule has 0 amide bonds. The predicted molar refractivity (Wildman–Crippen MR) is 83.6 cm³/mol. The highest BCUT2D eigenvalue weighted by Gasteiger charge is 2.25. The average Bonchev–Trinajstić information content (AvgIpc) is 2.71. The maximum Gasteiger partial charge on any atom is 0.193 e. The van der Waals surface area contributed by atoms with Gasteiger partial charge in [0, 0.05) is 11.1 Å². The quantitative estimate of drug-likeness (QED) is 0.791. The second-order valence-corrected chi connectivity index (χ2v) is 6.14. The van der Waals surface area contributed by atoms with Crippen molar-refractivity contribution >= 4 is 22.8 Å². The number of carbonyl (C=O) groups is 1. The van der Waals surface area contributed by atoms with Crippen molar-refractivity contribution in [1.82, 2.24) is 4.48 Å². The molecule has 0 saturated carbocycles. The van der Waals surface area contributed by atoms with E-state index in [9.17, 15) is 9.90 Å². The summed E-state index contributed by atoms with van der Waals surface area (Å²) in [5, 5.41) is 12.4. The van der Waals surface area contributed by atoms with Gasteiger partial charge < -0.3 is 5.11 Å². The summed E-state index contributed by atoms with van der Waals surface area (Å²) in [6.07, 6.45) is 0. The lowest BCUT2D eigenvalue weighted by atomic mass is 10.0. The summed E-state index contributed by atoms with van der Waals surface area (Å²) in [5.74, 6) is -0.345. The van der Waals surface area contributed by atoms with Crippen LogP contribution in [-0.2, 0) is 0 Å². The molecular formula is C18H17NO2. The number of allylic oxidation sites excluding steroid dienone is 1. The van der Waals surface area contributed by atoms with Crippen molar-refractivity contribution in [3.05, 3.63) is 65.2 Å². The first-order chi connectivity index (χ1) is 9.89. The molecule has 106 valence electrons. The number of fused-ring (bicyclic) bond motifs is 1. The van der Waals surface area contributed by atoms with E-state index in [1.54, 1.807) is 24.3 Å². The van der Waals surface area contributed by atoms with Gasteiger partial charge in [-0.3, -0.25) is 9.28 Å². The molecule has 0 unspecified atom stereocenters. The van der Waals surface area contributed by atoms with E-state index in [0.717, 1.165) is 5.69 Å². The van der Waals surface area contributed by atoms with Gasteiger partial charge in [0.2, 0.25) is 0 Å². The fourth-order valence-corrected chi connectivity index (χ4v) is 2.59. The van der Waals surface area contributed by atoms with Gasteiger partial charge >= 0.3 is 0 Å². The highest BCUT2D eigenvalue weighted by Crippen LogP contribution is 2.35. The fraction of sp³-hybridized carbons (Fsp3) is 0.167. The summed E-state index contributed by atoms with van der Waals surface area (Å²) in [6.45, 7) is 0. The van der Waals surface area contributed by atoms with Gasteiger partial charge in [0.05, 0.1) is 21.1 Å². The Morgan fingerprint density at radius 1 is 0.857 bits per heavy atom. The van der Waals surface area contributed by atoms with Crippen molar-refractivity contribution < 1.29 is 9.90 Å². The third-order valence-corrected chi connectivity index (χ3v) is 3.80. The van der Waals surface area contributed by atoms with Crippen LogP contribution >= 0.6 is 0 Å². The molecule has 3 rings (SSSR count). The predicted octanol–water partition coefficient (Wildman–Crippen LogP) is 2.31. The van der Waals surface area contributed by atoms with Crippen LogP contribution in [0.5, 0.6) is 0 Å². The van der Waals surface area contributed by atoms with E-state index in [1.165, 1.54) is 0 Å². The summed E-state index contributed by atoms with van der Waals surface area (Å²) in [4.78, 5) is 12.4. The van der Waals surface area contributed by atoms with Gasteiger partial charge in [0.25, 0.3) is 0 Å². The molecule has 3 heteroatoms. The highest BCUT2D eigenvalue weighted by atomic mass is 16.3. The summed E-state index contributed by atoms with van der Waals surface area (Å²) in [5.41, 5.74) is 3.11. The van der Waals surface area contributed by atoms with E-state index in [-0.39, 0.29) is 17.1 Å². The number of benzene rings is 2. The van der Waals surface area contributed by atoms with Crippen molar-refractivity contribution in [1.29, 1.82) is 0 Å². The van der Waals surface area contributed by atoms with Gasteiger partial charge in [0.15, 0.2) is 5.78 Å². The maximum absolute atomic E-state index is 12.4. The lowest BCUT2D eigenvalue weighted by Gasteiger charge is -2.23. The normalized spacial score (nSPS) is 14.5. The van der Waals surface area contributed by atoms with Gasteiger partial charge in [-0.15, -0.1) is 0 Å². The molecule has 2 aromatic rings. The summed E-state index contributed by atoms with van der Waals surface area (Å²) >= 11 is 0. The smallest absolute Gasteiger partial charge is 0.193 e. The zero-order valence-electron chi connectivity index (χ0n) is 12.4. The van der Waals surface area contributed by atoms with E-state index in [2.05, 4.69) is 21.1 Å². The number of carbonyl (C=O) groups excluding carboxylic acids is 1. The number of nitrogens with zero attached hydrogens (tertiary/aromatic N) is 1. The van der Waals surface area contributed by atoms with E-state index in [4.69, 9.17) is 0 Å². The first kappa shape index (κ1) is 13.6. The lowest BCUT2D eigenvalue weighted by Crippen LogP contribution is -2.34. The molecule has 21 heavy (non-hydrogen) atoms. The fourth-order valence-electron chi connectivity index (χ4n) is 2.59. The Balaban J connectivity index is 2.07. The molecule has 3 nitrogen and oxygen atoms in total. The second kappa shape index (κ2) is 4.57. The Labute approximate surface area is 124 Å². The van der Waals surface area contributed by atoms with E-state index in [1.807, 2.05) is 24.3 Å². The molecule has 1 aliphatic carbocycles. The van der Waals surface area contributed by atoms with Gasteiger partial charge in [-0.05, 0) is 35.4 Å². The van der Waals surface area contributed by atoms with Crippen molar-refractivity contribution in [3.63, 3.8) is 0 Å². The minimum Gasteiger partial charge on any atom is -0.872 e. The van der Waals surface area contributed by atoms with E-state index >= 15 is 0 Å². The van der Waals surface area contributed by atoms with Crippen LogP contribution in [0.4, 0.5) is 5.69 Å². The minimum absolute atomic E-state index is 0.173. The Bertz CT molecular complexity index is 750. The Hall–Kier alpha value is -2.39. The standard InChI is InChI=1S/C18H17NO2/c1-19(2,3)13-10-8-12(9-11-13)16-17(20)14-6-4-5-7-15(14)18(16)21/h4-11H,1-3H3. The largest absolute Gasteiger partial charge is 0.872 e. The summed E-state index contributed by atoms with van der Waals surface area (Å²) < 4.78 is 0.692. The molecule has 2 aromatic carbocycles. The number of hydrogen-bond donors (Lipinski definition) is 0. The molecule has 0 saturated heterocycles. The molecule has 0 bridgehead atoms. The highest BCUT2D eigenvalue weighted by molar-refractivity contribution is 6.38. The molecule has 0 atom stereocenters. The van der Waals surface area contributed by atoms with Crippen LogP contribution in [-0.4, -0.2) is 26.9 Å². The Morgan fingerprint density at radius 2 is 1.43 bits per heavy atom. The van der Waals surface area contributed by atoms with Crippen molar-refractivity contribution in [2.24, 2.45) is 0 Å². The van der Waals surface area contributed by atoms with Gasteiger partial charge in [-0.1, -0.05) is 30.0 Å². The molecule has 0 aliphatic heterocycles. The molecule has 0 aromatic heterocycles. The molecule has 0 radical (unpaired) electrons. The molecule has 0 heterocycles. The first-order valence-corrected chi connectivity index (χ1v) is 6.87. The summed E-state index contributed by atoms with van der Waals surface area (Å²) in [6, 6.07) is 14.6. The summed E-state index contributed by atoms with van der Waals surface area (Å²) in [7, 11) is 6.22. The number of ketones is 1. The second-order valence-electron chi connectivity index (χ2n) is 6.14. The van der Waals surface area contributed by atoms with Crippen LogP contribution in [0, 0.1) is 0 Å². The minimum atomic E-state index is -0.173. The van der Waals surface area contributed by atoms with Gasteiger partial charge in [-0.25, -0.2) is 0 Å². The number of rotatable bonds is 2. The Morgan fingerprint density at radius 3 is 1.95 bits per heavy atom. The van der Waals surface area contributed by atoms with E-state index < -0.39 is 0 Å². The first-order valence-electron chi connectivity index (χ1n) is 6.87. The van der Waals surface area contributed by atoms with Crippen LogP contribution in [0.15, 0.2) is 48.5 Å². The molecule has 1 aliphatic rings. The molecular weight excluding hydrogens is 262 g/mol. The van der Waals surface area contributed by atoms with Crippen LogP contribution in [0.3, 0.4) is 0 Å². The van der Waals surface area contributed by atoms with Crippen LogP contribution < -0.4 is 9.59 Å². The zero-order chi connectivity index (χ0) is 15.2. The molecule has 0 spiro atoms. The van der Waals surface area contributed by atoms with Gasteiger partial charge in [-0.2, -0.15) is 0 Å². The SMILES string of the molecule is C[N+](C)(C)c1ccc(C2=C([O-])c3ccccc3C2=O)cc1. The van der Waals surface area contributed by atoms with E-state index in [0.29, 0.717) is 21.2 Å². The van der Waals surface area contributed by atoms with Crippen LogP contribution in [0.1, 0.15) is 21.5 Å². The Kier molecular flexibility index (Phi) is 2.96. The monoisotopic (exact) mass is 279 g/mol. The topological polar surface area (TPSA) is 40.1 Å².